The SMILES string of the molecule is COC(=O)[C@H](O)[C@@H](O)C(=O)NCc1ccc(C)cc1. The molecule has 1 aromatic carbocycles. The molecule has 6 nitrogen and oxygen atoms in total. The van der Waals surface area contributed by atoms with Crippen molar-refractivity contribution in [3.63, 3.8) is 0 Å². The summed E-state index contributed by atoms with van der Waals surface area (Å²) >= 11 is 0. The predicted molar refractivity (Wildman–Crippen MR) is 67.1 cm³/mol. The third-order valence-corrected chi connectivity index (χ3v) is 2.60. The molecular formula is C13H17NO5. The van der Waals surface area contributed by atoms with Gasteiger partial charge in [-0.2, -0.15) is 0 Å². The van der Waals surface area contributed by atoms with Crippen LogP contribution in [0.3, 0.4) is 0 Å². The molecule has 19 heavy (non-hydrogen) atoms. The van der Waals surface area contributed by atoms with E-state index >= 15 is 0 Å². The van der Waals surface area contributed by atoms with Crippen molar-refractivity contribution in [2.45, 2.75) is 25.7 Å². The Morgan fingerprint density at radius 1 is 1.21 bits per heavy atom. The third kappa shape index (κ3) is 4.35. The molecule has 104 valence electrons. The van der Waals surface area contributed by atoms with E-state index in [0.29, 0.717) is 0 Å². The summed E-state index contributed by atoms with van der Waals surface area (Å²) in [5.41, 5.74) is 1.94. The number of hydrogen-bond acceptors (Lipinski definition) is 5. The minimum absolute atomic E-state index is 0.198. The molecule has 0 aliphatic rings. The number of aliphatic hydroxyl groups excluding tert-OH is 2. The molecule has 1 aromatic rings. The first-order valence-electron chi connectivity index (χ1n) is 5.73. The highest BCUT2D eigenvalue weighted by atomic mass is 16.5. The summed E-state index contributed by atoms with van der Waals surface area (Å²) in [6.07, 6.45) is -3.74. The van der Waals surface area contributed by atoms with Crippen LogP contribution in [-0.4, -0.2) is 41.4 Å². The third-order valence-electron chi connectivity index (χ3n) is 2.60. The molecular weight excluding hydrogens is 250 g/mol. The molecule has 3 N–H and O–H groups in total. The molecule has 0 aromatic heterocycles. The van der Waals surface area contributed by atoms with Crippen LogP contribution < -0.4 is 5.32 Å². The highest BCUT2D eigenvalue weighted by Crippen LogP contribution is 2.03. The van der Waals surface area contributed by atoms with Gasteiger partial charge in [0.25, 0.3) is 5.91 Å². The summed E-state index contributed by atoms with van der Waals surface area (Å²) < 4.78 is 4.23. The molecule has 0 fully saturated rings. The molecule has 0 radical (unpaired) electrons. The smallest absolute Gasteiger partial charge is 0.338 e. The van der Waals surface area contributed by atoms with E-state index in [0.717, 1.165) is 18.2 Å². The largest absolute Gasteiger partial charge is 0.467 e. The van der Waals surface area contributed by atoms with Gasteiger partial charge in [0.2, 0.25) is 0 Å². The number of aliphatic hydroxyl groups is 2. The number of hydrogen-bond donors (Lipinski definition) is 3. The molecule has 1 rings (SSSR count). The van der Waals surface area contributed by atoms with Gasteiger partial charge in [-0.3, -0.25) is 4.79 Å². The Morgan fingerprint density at radius 2 is 1.79 bits per heavy atom. The first-order chi connectivity index (χ1) is 8.95. The van der Waals surface area contributed by atoms with Gasteiger partial charge in [0, 0.05) is 6.54 Å². The van der Waals surface area contributed by atoms with Gasteiger partial charge in [-0.15, -0.1) is 0 Å². The lowest BCUT2D eigenvalue weighted by molar-refractivity contribution is -0.161. The van der Waals surface area contributed by atoms with E-state index in [1.54, 1.807) is 0 Å². The number of amides is 1. The van der Waals surface area contributed by atoms with Crippen LogP contribution in [0.2, 0.25) is 0 Å². The van der Waals surface area contributed by atoms with Crippen molar-refractivity contribution in [2.75, 3.05) is 7.11 Å². The fourth-order valence-corrected chi connectivity index (χ4v) is 1.39. The summed E-state index contributed by atoms with van der Waals surface area (Å²) in [5.74, 6) is -1.89. The van der Waals surface area contributed by atoms with Crippen molar-refractivity contribution in [3.8, 4) is 0 Å². The number of esters is 1. The van der Waals surface area contributed by atoms with Gasteiger partial charge in [0.05, 0.1) is 7.11 Å². The number of methoxy groups -OCH3 is 1. The zero-order valence-corrected chi connectivity index (χ0v) is 10.8. The van der Waals surface area contributed by atoms with Crippen LogP contribution >= 0.6 is 0 Å². The van der Waals surface area contributed by atoms with E-state index in [2.05, 4.69) is 10.1 Å². The molecule has 2 atom stereocenters. The van der Waals surface area contributed by atoms with Gasteiger partial charge in [-0.05, 0) is 12.5 Å². The minimum Gasteiger partial charge on any atom is -0.467 e. The molecule has 0 spiro atoms. The number of benzene rings is 1. The lowest BCUT2D eigenvalue weighted by Gasteiger charge is -2.15. The number of ether oxygens (including phenoxy) is 1. The maximum atomic E-state index is 11.5. The van der Waals surface area contributed by atoms with Crippen molar-refractivity contribution in [1.29, 1.82) is 0 Å². The van der Waals surface area contributed by atoms with Gasteiger partial charge in [0.15, 0.2) is 12.2 Å². The first kappa shape index (κ1) is 15.1. The average molecular weight is 267 g/mol. The number of aryl methyl sites for hydroxylation is 1. The Morgan fingerprint density at radius 3 is 2.32 bits per heavy atom. The first-order valence-corrected chi connectivity index (χ1v) is 5.73. The number of carbonyl (C=O) groups is 2. The lowest BCUT2D eigenvalue weighted by Crippen LogP contribution is -2.45. The fraction of sp³-hybridized carbons (Fsp3) is 0.385. The Kier molecular flexibility index (Phi) is 5.47. The highest BCUT2D eigenvalue weighted by Gasteiger charge is 2.30. The lowest BCUT2D eigenvalue weighted by atomic mass is 10.1. The van der Waals surface area contributed by atoms with E-state index < -0.39 is 24.1 Å². The molecule has 0 bridgehead atoms. The molecule has 6 heteroatoms. The summed E-state index contributed by atoms with van der Waals surface area (Å²) in [6, 6.07) is 7.44. The second-order valence-corrected chi connectivity index (χ2v) is 4.12. The Balaban J connectivity index is 2.51. The second kappa shape index (κ2) is 6.86. The normalized spacial score (nSPS) is 13.5. The van der Waals surface area contributed by atoms with Gasteiger partial charge in [0.1, 0.15) is 0 Å². The van der Waals surface area contributed by atoms with E-state index in [-0.39, 0.29) is 6.54 Å². The summed E-state index contributed by atoms with van der Waals surface area (Å²) in [5, 5.41) is 21.2. The van der Waals surface area contributed by atoms with Crippen LogP contribution in [0.5, 0.6) is 0 Å². The maximum absolute atomic E-state index is 11.5. The van der Waals surface area contributed by atoms with Crippen molar-refractivity contribution in [3.05, 3.63) is 35.4 Å². The minimum atomic E-state index is -1.89. The van der Waals surface area contributed by atoms with Crippen molar-refractivity contribution < 1.29 is 24.5 Å². The fourth-order valence-electron chi connectivity index (χ4n) is 1.39. The second-order valence-electron chi connectivity index (χ2n) is 4.12. The molecule has 0 unspecified atom stereocenters. The monoisotopic (exact) mass is 267 g/mol. The number of carbonyl (C=O) groups excluding carboxylic acids is 2. The van der Waals surface area contributed by atoms with Crippen molar-refractivity contribution >= 4 is 11.9 Å². The van der Waals surface area contributed by atoms with Crippen LogP contribution in [0.4, 0.5) is 0 Å². The molecule has 0 aliphatic carbocycles. The van der Waals surface area contributed by atoms with Crippen LogP contribution in [0.15, 0.2) is 24.3 Å². The Hall–Kier alpha value is -1.92. The number of nitrogens with one attached hydrogen (secondary N) is 1. The molecule has 0 aliphatic heterocycles. The zero-order chi connectivity index (χ0) is 14.4. The van der Waals surface area contributed by atoms with Crippen molar-refractivity contribution in [2.24, 2.45) is 0 Å². The molecule has 0 heterocycles. The Labute approximate surface area is 111 Å². The van der Waals surface area contributed by atoms with E-state index in [4.69, 9.17) is 0 Å². The van der Waals surface area contributed by atoms with E-state index in [1.807, 2.05) is 31.2 Å². The predicted octanol–water partition coefficient (Wildman–Crippen LogP) is -0.494. The zero-order valence-electron chi connectivity index (χ0n) is 10.8. The quantitative estimate of drug-likeness (QED) is 0.625. The van der Waals surface area contributed by atoms with Crippen LogP contribution in [0, 0.1) is 6.92 Å². The highest BCUT2D eigenvalue weighted by molar-refractivity contribution is 5.88. The van der Waals surface area contributed by atoms with E-state index in [9.17, 15) is 19.8 Å². The molecule has 1 amide bonds. The molecule has 0 saturated carbocycles. The van der Waals surface area contributed by atoms with Crippen molar-refractivity contribution in [1.82, 2.24) is 5.32 Å². The van der Waals surface area contributed by atoms with Crippen LogP contribution in [-0.2, 0) is 20.9 Å². The van der Waals surface area contributed by atoms with Gasteiger partial charge >= 0.3 is 5.97 Å². The van der Waals surface area contributed by atoms with Gasteiger partial charge < -0.3 is 20.3 Å². The Bertz CT molecular complexity index is 443. The van der Waals surface area contributed by atoms with Crippen LogP contribution in [0.1, 0.15) is 11.1 Å². The van der Waals surface area contributed by atoms with Crippen LogP contribution in [0.25, 0.3) is 0 Å². The molecule has 0 saturated heterocycles. The topological polar surface area (TPSA) is 95.9 Å². The summed E-state index contributed by atoms with van der Waals surface area (Å²) in [6.45, 7) is 2.14. The summed E-state index contributed by atoms with van der Waals surface area (Å²) in [4.78, 5) is 22.5. The van der Waals surface area contributed by atoms with Gasteiger partial charge in [-0.25, -0.2) is 4.79 Å². The summed E-state index contributed by atoms with van der Waals surface area (Å²) in [7, 11) is 1.06. The standard InChI is InChI=1S/C13H17NO5/c1-8-3-5-9(6-4-8)7-14-12(17)10(15)11(16)13(18)19-2/h3-6,10-11,15-16H,7H2,1-2H3,(H,14,17)/t10-,11-/m1/s1. The van der Waals surface area contributed by atoms with Gasteiger partial charge in [-0.1, -0.05) is 29.8 Å². The number of rotatable bonds is 5. The maximum Gasteiger partial charge on any atom is 0.338 e. The average Bonchev–Trinajstić information content (AvgIpc) is 2.43. The van der Waals surface area contributed by atoms with E-state index in [1.165, 1.54) is 0 Å².